The molecule has 0 saturated carbocycles. The van der Waals surface area contributed by atoms with E-state index in [1.807, 2.05) is 37.3 Å². The van der Waals surface area contributed by atoms with E-state index in [4.69, 9.17) is 9.47 Å². The number of methoxy groups -OCH3 is 2. The van der Waals surface area contributed by atoms with Gasteiger partial charge in [-0.3, -0.25) is 9.59 Å². The van der Waals surface area contributed by atoms with Gasteiger partial charge in [-0.2, -0.15) is 0 Å². The lowest BCUT2D eigenvalue weighted by Crippen LogP contribution is -3.14. The van der Waals surface area contributed by atoms with Crippen LogP contribution in [0.15, 0.2) is 78.9 Å². The van der Waals surface area contributed by atoms with Crippen molar-refractivity contribution >= 4 is 23.2 Å². The number of carbonyl (C=O) groups excluding carboxylic acids is 2. The van der Waals surface area contributed by atoms with E-state index < -0.39 is 0 Å². The van der Waals surface area contributed by atoms with Crippen LogP contribution in [0.4, 0.5) is 11.4 Å². The average Bonchev–Trinajstić information content (AvgIpc) is 2.84. The van der Waals surface area contributed by atoms with Gasteiger partial charge >= 0.3 is 0 Å². The minimum atomic E-state index is -0.171. The quantitative estimate of drug-likeness (QED) is 0.446. The molecule has 0 radical (unpaired) electrons. The van der Waals surface area contributed by atoms with Gasteiger partial charge in [0.25, 0.3) is 11.8 Å². The fourth-order valence-electron chi connectivity index (χ4n) is 3.52. The van der Waals surface area contributed by atoms with Crippen molar-refractivity contribution in [3.05, 3.63) is 84.4 Å². The van der Waals surface area contributed by atoms with Crippen LogP contribution in [0.5, 0.6) is 11.5 Å². The number of hydrogen-bond acceptors (Lipinski definition) is 4. The van der Waals surface area contributed by atoms with Gasteiger partial charge in [-0.1, -0.05) is 30.3 Å². The Labute approximate surface area is 194 Å². The third kappa shape index (κ3) is 7.08. The largest absolute Gasteiger partial charge is 0.497 e. The van der Waals surface area contributed by atoms with Crippen molar-refractivity contribution in [2.45, 2.75) is 13.0 Å². The van der Waals surface area contributed by atoms with Crippen molar-refractivity contribution in [2.24, 2.45) is 0 Å². The van der Waals surface area contributed by atoms with Gasteiger partial charge in [0.1, 0.15) is 17.5 Å². The Hall–Kier alpha value is -3.84. The van der Waals surface area contributed by atoms with Gasteiger partial charge in [0.2, 0.25) is 0 Å². The van der Waals surface area contributed by atoms with E-state index in [-0.39, 0.29) is 30.9 Å². The molecule has 0 unspecified atom stereocenters. The summed E-state index contributed by atoms with van der Waals surface area (Å²) >= 11 is 0. The zero-order valence-electron chi connectivity index (χ0n) is 19.1. The lowest BCUT2D eigenvalue weighted by Gasteiger charge is -2.25. The molecule has 0 aliphatic heterocycles. The molecule has 0 aromatic heterocycles. The summed E-state index contributed by atoms with van der Waals surface area (Å²) in [4.78, 5) is 26.5. The smallest absolute Gasteiger partial charge is 0.279 e. The van der Waals surface area contributed by atoms with E-state index in [1.54, 1.807) is 62.8 Å². The van der Waals surface area contributed by atoms with Crippen LogP contribution in [0.2, 0.25) is 0 Å². The maximum atomic E-state index is 12.8. The Kier molecular flexibility index (Phi) is 8.43. The summed E-state index contributed by atoms with van der Waals surface area (Å²) in [6, 6.07) is 24.1. The highest BCUT2D eigenvalue weighted by Crippen LogP contribution is 2.16. The number of anilines is 2. The molecule has 0 aliphatic rings. The molecule has 33 heavy (non-hydrogen) atoms. The molecular formula is C26H30N3O4+. The molecule has 3 aromatic rings. The van der Waals surface area contributed by atoms with Gasteiger partial charge < -0.3 is 25.0 Å². The maximum absolute atomic E-state index is 12.8. The molecule has 7 nitrogen and oxygen atoms in total. The van der Waals surface area contributed by atoms with Crippen molar-refractivity contribution in [1.82, 2.24) is 0 Å². The molecule has 0 saturated heterocycles. The molecule has 3 aromatic carbocycles. The Bertz CT molecular complexity index is 974. The Morgan fingerprint density at radius 1 is 0.727 bits per heavy atom. The van der Waals surface area contributed by atoms with Crippen LogP contribution in [0, 0.1) is 0 Å². The van der Waals surface area contributed by atoms with Gasteiger partial charge in [0.05, 0.1) is 14.2 Å². The molecule has 2 amide bonds. The molecule has 0 spiro atoms. The summed E-state index contributed by atoms with van der Waals surface area (Å²) in [6.45, 7) is 2.29. The standard InChI is InChI=1S/C26H29N3O4/c1-19(20-7-5-4-6-8-20)29(17-25(30)27-21-9-13-23(32-2)14-10-21)18-26(31)28-22-11-15-24(33-3)16-12-22/h4-16,19H,17-18H2,1-3H3,(H,27,30)(H,28,31)/p+1/t19-/m0/s1. The minimum Gasteiger partial charge on any atom is -0.497 e. The number of amides is 2. The van der Waals surface area contributed by atoms with E-state index in [0.29, 0.717) is 22.9 Å². The fraction of sp³-hybridized carbons (Fsp3) is 0.231. The monoisotopic (exact) mass is 448 g/mol. The summed E-state index contributed by atoms with van der Waals surface area (Å²) in [6.07, 6.45) is 0. The van der Waals surface area contributed by atoms with Crippen molar-refractivity contribution in [1.29, 1.82) is 0 Å². The summed E-state index contributed by atoms with van der Waals surface area (Å²) in [5.41, 5.74) is 2.41. The predicted octanol–water partition coefficient (Wildman–Crippen LogP) is 2.93. The van der Waals surface area contributed by atoms with Crippen LogP contribution in [0.3, 0.4) is 0 Å². The maximum Gasteiger partial charge on any atom is 0.279 e. The first-order chi connectivity index (χ1) is 16.0. The topological polar surface area (TPSA) is 81.1 Å². The van der Waals surface area contributed by atoms with Gasteiger partial charge in [-0.05, 0) is 55.5 Å². The Morgan fingerprint density at radius 2 is 1.15 bits per heavy atom. The van der Waals surface area contributed by atoms with E-state index in [9.17, 15) is 9.59 Å². The summed E-state index contributed by atoms with van der Waals surface area (Å²) in [5.74, 6) is 1.09. The average molecular weight is 449 g/mol. The van der Waals surface area contributed by atoms with Gasteiger partial charge in [0, 0.05) is 16.9 Å². The Balaban J connectivity index is 1.69. The van der Waals surface area contributed by atoms with Crippen LogP contribution < -0.4 is 25.0 Å². The molecule has 172 valence electrons. The van der Waals surface area contributed by atoms with Crippen molar-refractivity contribution < 1.29 is 24.0 Å². The van der Waals surface area contributed by atoms with E-state index in [1.165, 1.54) is 0 Å². The highest BCUT2D eigenvalue weighted by molar-refractivity contribution is 5.93. The van der Waals surface area contributed by atoms with E-state index >= 15 is 0 Å². The van der Waals surface area contributed by atoms with Gasteiger partial charge in [0.15, 0.2) is 13.1 Å². The van der Waals surface area contributed by atoms with Crippen LogP contribution in [0.1, 0.15) is 18.5 Å². The highest BCUT2D eigenvalue weighted by atomic mass is 16.5. The van der Waals surface area contributed by atoms with E-state index in [2.05, 4.69) is 10.6 Å². The van der Waals surface area contributed by atoms with Crippen LogP contribution in [-0.4, -0.2) is 39.1 Å². The lowest BCUT2D eigenvalue weighted by atomic mass is 10.1. The SMILES string of the molecule is COc1ccc(NC(=O)C[NH+](CC(=O)Nc2ccc(OC)cc2)[C@@H](C)c2ccccc2)cc1. The number of benzene rings is 3. The molecule has 1 atom stereocenters. The molecule has 3 N–H and O–H groups in total. The fourth-order valence-corrected chi connectivity index (χ4v) is 3.52. The molecule has 3 rings (SSSR count). The summed E-state index contributed by atoms with van der Waals surface area (Å²) in [5, 5.41) is 5.81. The van der Waals surface area contributed by atoms with Crippen LogP contribution in [0.25, 0.3) is 0 Å². The zero-order chi connectivity index (χ0) is 23.6. The van der Waals surface area contributed by atoms with E-state index in [0.717, 1.165) is 10.5 Å². The second-order valence-electron chi connectivity index (χ2n) is 7.70. The van der Waals surface area contributed by atoms with Crippen LogP contribution >= 0.6 is 0 Å². The van der Waals surface area contributed by atoms with Gasteiger partial charge in [-0.25, -0.2) is 0 Å². The highest BCUT2D eigenvalue weighted by Gasteiger charge is 2.25. The minimum absolute atomic E-state index is 0.0607. The number of carbonyl (C=O) groups is 2. The molecular weight excluding hydrogens is 418 g/mol. The molecule has 0 heterocycles. The first kappa shape index (κ1) is 23.8. The number of nitrogens with one attached hydrogen (secondary N) is 3. The summed E-state index contributed by atoms with van der Waals surface area (Å²) < 4.78 is 10.3. The third-order valence-electron chi connectivity index (χ3n) is 5.43. The molecule has 0 bridgehead atoms. The zero-order valence-corrected chi connectivity index (χ0v) is 19.1. The Morgan fingerprint density at radius 3 is 1.55 bits per heavy atom. The second kappa shape index (κ2) is 11.7. The normalized spacial score (nSPS) is 11.5. The summed E-state index contributed by atoms with van der Waals surface area (Å²) in [7, 11) is 3.19. The van der Waals surface area contributed by atoms with Crippen molar-refractivity contribution in [3.63, 3.8) is 0 Å². The number of rotatable bonds is 10. The van der Waals surface area contributed by atoms with Gasteiger partial charge in [-0.15, -0.1) is 0 Å². The van der Waals surface area contributed by atoms with Crippen molar-refractivity contribution in [3.8, 4) is 11.5 Å². The third-order valence-corrected chi connectivity index (χ3v) is 5.43. The lowest BCUT2D eigenvalue weighted by molar-refractivity contribution is -0.913. The number of quaternary nitrogens is 1. The molecule has 7 heteroatoms. The first-order valence-corrected chi connectivity index (χ1v) is 10.8. The predicted molar refractivity (Wildman–Crippen MR) is 129 cm³/mol. The number of hydrogen-bond donors (Lipinski definition) is 3. The molecule has 0 aliphatic carbocycles. The van der Waals surface area contributed by atoms with Crippen molar-refractivity contribution in [2.75, 3.05) is 37.9 Å². The number of ether oxygens (including phenoxy) is 2. The molecule has 0 fully saturated rings. The second-order valence-corrected chi connectivity index (χ2v) is 7.70. The van der Waals surface area contributed by atoms with Crippen LogP contribution in [-0.2, 0) is 9.59 Å². The first-order valence-electron chi connectivity index (χ1n) is 10.8.